The number of nitrogens with one attached hydrogen (secondary N) is 3. The number of amides is 3. The number of carbonyl (C=O) groups excluding carboxylic acids is 3. The second-order valence-electron chi connectivity index (χ2n) is 16.1. The summed E-state index contributed by atoms with van der Waals surface area (Å²) in [4.78, 5) is 44.4. The van der Waals surface area contributed by atoms with Gasteiger partial charge in [0.1, 0.15) is 22.9 Å². The van der Waals surface area contributed by atoms with Crippen LogP contribution < -0.4 is 20.8 Å². The standard InChI is InChI=1S/C40H55N5O9S/c1-39(2,3)32-23-55-35(42-32)26-13-9-25(10-14-26)20-45(44-34(47)33(40(4,5)6)43-37(48)51-8)21-30(46)29(19-24-11-15-27(50-7)16-12-24)41-38(49)54-31-22-53-36-28(31)17-18-52-36/h9-16,23,28-31,33,36,46H,17-22H2,1-8H3,(H,41,49)(H,43,48)(H,44,47). The molecule has 2 aliphatic rings. The second kappa shape index (κ2) is 18.1. The topological polar surface area (TPSA) is 170 Å². The van der Waals surface area contributed by atoms with Crippen LogP contribution in [0.1, 0.15) is 64.8 Å². The summed E-state index contributed by atoms with van der Waals surface area (Å²) in [5, 5.41) is 22.0. The molecule has 2 saturated heterocycles. The van der Waals surface area contributed by atoms with Crippen molar-refractivity contribution in [3.05, 3.63) is 70.7 Å². The van der Waals surface area contributed by atoms with Crippen LogP contribution in [0.5, 0.6) is 5.75 Å². The molecule has 6 atom stereocenters. The Bertz CT molecular complexity index is 1740. The first kappa shape index (κ1) is 41.9. The van der Waals surface area contributed by atoms with E-state index in [-0.39, 0.29) is 37.5 Å². The maximum atomic E-state index is 13.9. The molecule has 3 amide bonds. The highest BCUT2D eigenvalue weighted by atomic mass is 32.1. The van der Waals surface area contributed by atoms with Crippen LogP contribution in [0.15, 0.2) is 53.9 Å². The van der Waals surface area contributed by atoms with Crippen LogP contribution in [0.4, 0.5) is 9.59 Å². The van der Waals surface area contributed by atoms with E-state index in [1.807, 2.05) is 57.2 Å². The Morgan fingerprint density at radius 2 is 1.65 bits per heavy atom. The first-order valence-electron chi connectivity index (χ1n) is 18.5. The Labute approximate surface area is 327 Å². The van der Waals surface area contributed by atoms with E-state index in [4.69, 9.17) is 28.7 Å². The highest BCUT2D eigenvalue weighted by Crippen LogP contribution is 2.33. The SMILES string of the molecule is COC(=O)NC(C(=O)NN(Cc1ccc(-c2nc(C(C)(C)C)cs2)cc1)CC(O)C(Cc1ccc(OC)cc1)NC(=O)OC1COC2OCCC12)C(C)(C)C. The molecule has 3 aromatic rings. The molecule has 0 saturated carbocycles. The van der Waals surface area contributed by atoms with Crippen molar-refractivity contribution in [2.75, 3.05) is 34.0 Å². The highest BCUT2D eigenvalue weighted by Gasteiger charge is 2.44. The van der Waals surface area contributed by atoms with Crippen molar-refractivity contribution in [1.29, 1.82) is 0 Å². The quantitative estimate of drug-likeness (QED) is 0.159. The van der Waals surface area contributed by atoms with Crippen molar-refractivity contribution >= 4 is 29.4 Å². The zero-order chi connectivity index (χ0) is 39.9. The number of nitrogens with zero attached hydrogens (tertiary/aromatic N) is 2. The largest absolute Gasteiger partial charge is 0.497 e. The van der Waals surface area contributed by atoms with E-state index in [1.165, 1.54) is 7.11 Å². The predicted molar refractivity (Wildman–Crippen MR) is 207 cm³/mol. The maximum Gasteiger partial charge on any atom is 0.407 e. The molecule has 1 aromatic heterocycles. The van der Waals surface area contributed by atoms with E-state index in [2.05, 4.69) is 42.2 Å². The number of hydrogen-bond acceptors (Lipinski definition) is 12. The zero-order valence-corrected chi connectivity index (χ0v) is 33.7. The van der Waals surface area contributed by atoms with E-state index in [9.17, 15) is 19.5 Å². The average molecular weight is 782 g/mol. The van der Waals surface area contributed by atoms with Gasteiger partial charge >= 0.3 is 12.2 Å². The molecule has 2 aromatic carbocycles. The molecule has 55 heavy (non-hydrogen) atoms. The lowest BCUT2D eigenvalue weighted by molar-refractivity contribution is -0.131. The van der Waals surface area contributed by atoms with E-state index < -0.39 is 54.1 Å². The summed E-state index contributed by atoms with van der Waals surface area (Å²) in [5.41, 5.74) is 5.81. The number of ether oxygens (including phenoxy) is 5. The Balaban J connectivity index is 1.38. The molecule has 0 spiro atoms. The van der Waals surface area contributed by atoms with Gasteiger partial charge in [0.2, 0.25) is 0 Å². The molecule has 15 heteroatoms. The first-order chi connectivity index (χ1) is 26.0. The fraction of sp³-hybridized carbons (Fsp3) is 0.550. The van der Waals surface area contributed by atoms with Gasteiger partial charge in [0.05, 0.1) is 51.2 Å². The number of alkyl carbamates (subject to hydrolysis) is 2. The summed E-state index contributed by atoms with van der Waals surface area (Å²) in [6.45, 7) is 12.7. The number of methoxy groups -OCH3 is 2. The Hall–Kier alpha value is -4.28. The van der Waals surface area contributed by atoms with Crippen LogP contribution in [0.3, 0.4) is 0 Å². The van der Waals surface area contributed by atoms with Gasteiger partial charge in [-0.3, -0.25) is 10.2 Å². The number of thiazole rings is 1. The molecule has 3 heterocycles. The minimum Gasteiger partial charge on any atom is -0.497 e. The second-order valence-corrected chi connectivity index (χ2v) is 17.0. The molecule has 0 radical (unpaired) electrons. The molecule has 2 aliphatic heterocycles. The van der Waals surface area contributed by atoms with Crippen molar-refractivity contribution in [1.82, 2.24) is 26.1 Å². The predicted octanol–water partition coefficient (Wildman–Crippen LogP) is 5.18. The molecule has 300 valence electrons. The fourth-order valence-corrected chi connectivity index (χ4v) is 7.52. The fourth-order valence-electron chi connectivity index (χ4n) is 6.47. The summed E-state index contributed by atoms with van der Waals surface area (Å²) < 4.78 is 27.2. The lowest BCUT2D eigenvalue weighted by atomic mass is 9.86. The average Bonchev–Trinajstić information content (AvgIpc) is 3.90. The lowest BCUT2D eigenvalue weighted by Gasteiger charge is -2.34. The minimum atomic E-state index is -1.20. The van der Waals surface area contributed by atoms with E-state index >= 15 is 0 Å². The molecule has 2 fully saturated rings. The van der Waals surface area contributed by atoms with Crippen LogP contribution in [-0.4, -0.2) is 97.8 Å². The van der Waals surface area contributed by atoms with Crippen LogP contribution in [0.2, 0.25) is 0 Å². The molecule has 4 N–H and O–H groups in total. The molecule has 5 rings (SSSR count). The molecule has 14 nitrogen and oxygen atoms in total. The summed E-state index contributed by atoms with van der Waals surface area (Å²) in [5.74, 6) is 0.104. The third-order valence-corrected chi connectivity index (χ3v) is 10.6. The third kappa shape index (κ3) is 11.4. The van der Waals surface area contributed by atoms with E-state index in [0.717, 1.165) is 33.8 Å². The van der Waals surface area contributed by atoms with Crippen LogP contribution in [-0.2, 0) is 42.1 Å². The smallest absolute Gasteiger partial charge is 0.407 e. The van der Waals surface area contributed by atoms with Gasteiger partial charge in [-0.05, 0) is 41.5 Å². The number of aromatic nitrogens is 1. The first-order valence-corrected chi connectivity index (χ1v) is 19.4. The monoisotopic (exact) mass is 781 g/mol. The van der Waals surface area contributed by atoms with Crippen molar-refractivity contribution < 1.29 is 43.2 Å². The van der Waals surface area contributed by atoms with E-state index in [1.54, 1.807) is 35.6 Å². The van der Waals surface area contributed by atoms with Gasteiger partial charge in [0.15, 0.2) is 6.29 Å². The molecular weight excluding hydrogens is 727 g/mol. The number of fused-ring (bicyclic) bond motifs is 1. The van der Waals surface area contributed by atoms with Crippen molar-refractivity contribution in [2.45, 2.75) is 96.9 Å². The number of aliphatic hydroxyl groups excluding tert-OH is 1. The third-order valence-electron chi connectivity index (χ3n) is 9.72. The molecular formula is C40H55N5O9S. The number of rotatable bonds is 14. The van der Waals surface area contributed by atoms with Crippen LogP contribution >= 0.6 is 11.3 Å². The van der Waals surface area contributed by atoms with Gasteiger partial charge in [0, 0.05) is 29.4 Å². The minimum absolute atomic E-state index is 0.0571. The number of benzene rings is 2. The molecule has 6 unspecified atom stereocenters. The summed E-state index contributed by atoms with van der Waals surface area (Å²) in [6, 6.07) is 13.4. The van der Waals surface area contributed by atoms with Gasteiger partial charge < -0.3 is 39.4 Å². The summed E-state index contributed by atoms with van der Waals surface area (Å²) >= 11 is 1.58. The van der Waals surface area contributed by atoms with Gasteiger partial charge in [-0.15, -0.1) is 11.3 Å². The number of carbonyl (C=O) groups is 3. The summed E-state index contributed by atoms with van der Waals surface area (Å²) in [7, 11) is 2.81. The van der Waals surface area contributed by atoms with Crippen molar-refractivity contribution in [3.8, 4) is 16.3 Å². The van der Waals surface area contributed by atoms with Crippen LogP contribution in [0, 0.1) is 11.3 Å². The zero-order valence-electron chi connectivity index (χ0n) is 32.9. The number of hydrazine groups is 1. The normalized spacial score (nSPS) is 19.9. The van der Waals surface area contributed by atoms with Crippen molar-refractivity contribution in [2.24, 2.45) is 11.3 Å². The van der Waals surface area contributed by atoms with E-state index in [0.29, 0.717) is 12.4 Å². The van der Waals surface area contributed by atoms with Gasteiger partial charge in [-0.25, -0.2) is 19.6 Å². The summed E-state index contributed by atoms with van der Waals surface area (Å²) in [6.07, 6.45) is -2.56. The van der Waals surface area contributed by atoms with Gasteiger partial charge in [-0.1, -0.05) is 77.9 Å². The van der Waals surface area contributed by atoms with Gasteiger partial charge in [-0.2, -0.15) is 0 Å². The molecule has 0 aliphatic carbocycles. The number of hydrogen-bond donors (Lipinski definition) is 4. The highest BCUT2D eigenvalue weighted by molar-refractivity contribution is 7.13. The Morgan fingerprint density at radius 3 is 2.27 bits per heavy atom. The van der Waals surface area contributed by atoms with Gasteiger partial charge in [0.25, 0.3) is 5.91 Å². The van der Waals surface area contributed by atoms with Crippen molar-refractivity contribution in [3.63, 3.8) is 0 Å². The molecule has 0 bridgehead atoms. The van der Waals surface area contributed by atoms with Crippen LogP contribution in [0.25, 0.3) is 10.6 Å². The Morgan fingerprint density at radius 1 is 0.964 bits per heavy atom. The maximum absolute atomic E-state index is 13.9. The number of aliphatic hydroxyl groups is 1. The Kier molecular flexibility index (Phi) is 13.8. The lowest BCUT2D eigenvalue weighted by Crippen LogP contribution is -2.59.